The van der Waals surface area contributed by atoms with E-state index in [1.54, 1.807) is 0 Å². The molecular formula is C29H35ClI2N3O2-. The van der Waals surface area contributed by atoms with Gasteiger partial charge in [0.05, 0.1) is 0 Å². The number of hydrogen-bond donors (Lipinski definition) is 1. The predicted octanol–water partition coefficient (Wildman–Crippen LogP) is 3.59. The second-order valence-corrected chi connectivity index (χ2v) is 19.5. The standard InChI is InChI=1S/C29H35ClI2N3O2/c30-21-9-10-22-25(19-21)34(16-15-33-13-5-2-6-14-33)17-18-35-27(22)26(20-7-3-1-4-8-20)23-11-12-24(29(36)37)31-32-28(23)35/h9-12,19-20H,1-8,13-18H2,(H,36,37)/q-1. The molecule has 0 amide bonds. The Labute approximate surface area is 241 Å². The number of rotatable bonds is 5. The van der Waals surface area contributed by atoms with Gasteiger partial charge in [0.2, 0.25) is 0 Å². The molecular weight excluding hydrogens is 712 g/mol. The van der Waals surface area contributed by atoms with Crippen LogP contribution in [0.2, 0.25) is 5.02 Å². The van der Waals surface area contributed by atoms with Crippen LogP contribution in [0.25, 0.3) is 17.3 Å². The summed E-state index contributed by atoms with van der Waals surface area (Å²) in [5.41, 5.74) is 6.89. The molecule has 0 unspecified atom stereocenters. The molecule has 2 aromatic rings. The fourth-order valence-electron chi connectivity index (χ4n) is 6.51. The molecule has 0 radical (unpaired) electrons. The van der Waals surface area contributed by atoms with Crippen molar-refractivity contribution in [3.8, 4) is 11.3 Å². The first-order chi connectivity index (χ1) is 18.1. The van der Waals surface area contributed by atoms with E-state index in [2.05, 4.69) is 38.6 Å². The van der Waals surface area contributed by atoms with Gasteiger partial charge in [-0.1, -0.05) is 0 Å². The second-order valence-electron chi connectivity index (χ2n) is 10.6. The van der Waals surface area contributed by atoms with Gasteiger partial charge < -0.3 is 0 Å². The number of nitrogens with zero attached hydrogens (tertiary/aromatic N) is 3. The van der Waals surface area contributed by atoms with E-state index in [1.807, 2.05) is 6.08 Å². The van der Waals surface area contributed by atoms with Gasteiger partial charge >= 0.3 is 243 Å². The summed E-state index contributed by atoms with van der Waals surface area (Å²) >= 11 is 5.83. The summed E-state index contributed by atoms with van der Waals surface area (Å²) < 4.78 is 4.79. The predicted molar refractivity (Wildman–Crippen MR) is 158 cm³/mol. The zero-order valence-corrected chi connectivity index (χ0v) is 26.3. The van der Waals surface area contributed by atoms with E-state index in [1.165, 1.54) is 96.2 Å². The van der Waals surface area contributed by atoms with Crippen LogP contribution >= 0.6 is 28.4 Å². The number of piperidine rings is 1. The van der Waals surface area contributed by atoms with E-state index in [-0.39, 0.29) is 17.2 Å². The Morgan fingerprint density at radius 2 is 1.78 bits per heavy atom. The first kappa shape index (κ1) is 26.3. The first-order valence-corrected chi connectivity index (χ1v) is 22.5. The zero-order chi connectivity index (χ0) is 25.4. The Morgan fingerprint density at radius 1 is 1.00 bits per heavy atom. The molecule has 0 atom stereocenters. The Hall–Kier alpha value is -0.910. The first-order valence-electron chi connectivity index (χ1n) is 13.7. The number of carbonyl (C=O) groups is 1. The third kappa shape index (κ3) is 5.43. The van der Waals surface area contributed by atoms with Crippen LogP contribution in [-0.2, 0) is 11.3 Å². The molecule has 5 nitrogen and oxygen atoms in total. The zero-order valence-electron chi connectivity index (χ0n) is 21.2. The van der Waals surface area contributed by atoms with Gasteiger partial charge in [0.25, 0.3) is 0 Å². The van der Waals surface area contributed by atoms with E-state index in [0.717, 1.165) is 31.2 Å². The SMILES string of the molecule is O=C(O)C1=I[I-]c2c(c(C3CCCCC3)c3n2CCN(CCN2CCCCC2)c2cc(Cl)ccc2-3)C=C1. The summed E-state index contributed by atoms with van der Waals surface area (Å²) in [6.07, 6.45) is 14.5. The van der Waals surface area contributed by atoms with Crippen molar-refractivity contribution in [2.24, 2.45) is 0 Å². The molecule has 1 saturated carbocycles. The van der Waals surface area contributed by atoms with Crippen molar-refractivity contribution < 1.29 is 27.1 Å². The van der Waals surface area contributed by atoms with Crippen LogP contribution in [0.5, 0.6) is 0 Å². The number of likely N-dealkylation sites (tertiary alicyclic amines) is 1. The number of carboxylic acid groups (broad SMARTS) is 1. The van der Waals surface area contributed by atoms with Crippen molar-refractivity contribution in [3.63, 3.8) is 0 Å². The molecule has 6 rings (SSSR count). The van der Waals surface area contributed by atoms with E-state index in [0.29, 0.717) is 9.43 Å². The van der Waals surface area contributed by atoms with Crippen LogP contribution < -0.4 is 22.1 Å². The van der Waals surface area contributed by atoms with Crippen LogP contribution in [0.1, 0.15) is 68.4 Å². The maximum absolute atomic E-state index is 11.9. The van der Waals surface area contributed by atoms with Gasteiger partial charge in [-0.15, -0.1) is 0 Å². The van der Waals surface area contributed by atoms with Crippen molar-refractivity contribution in [3.05, 3.63) is 44.1 Å². The molecule has 1 N–H and O–H groups in total. The molecule has 0 bridgehead atoms. The van der Waals surface area contributed by atoms with Gasteiger partial charge in [-0.25, -0.2) is 0 Å². The van der Waals surface area contributed by atoms with Crippen LogP contribution in [0.3, 0.4) is 0 Å². The fourth-order valence-corrected chi connectivity index (χ4v) is 16.8. The molecule has 1 aliphatic carbocycles. The Kier molecular flexibility index (Phi) is 8.31. The van der Waals surface area contributed by atoms with Gasteiger partial charge in [0.1, 0.15) is 0 Å². The molecule has 0 spiro atoms. The Balaban J connectivity index is 1.45. The molecule has 1 saturated heterocycles. The van der Waals surface area contributed by atoms with E-state index < -0.39 is 22.7 Å². The van der Waals surface area contributed by atoms with Gasteiger partial charge in [-0.05, 0) is 0 Å². The van der Waals surface area contributed by atoms with Crippen molar-refractivity contribution in [1.82, 2.24) is 9.47 Å². The van der Waals surface area contributed by atoms with Gasteiger partial charge in [-0.2, -0.15) is 0 Å². The number of benzene rings is 1. The Morgan fingerprint density at radius 3 is 2.57 bits per heavy atom. The number of aliphatic carboxylic acids is 1. The molecule has 1 aromatic heterocycles. The van der Waals surface area contributed by atoms with E-state index in [9.17, 15) is 9.90 Å². The fraction of sp³-hybridized carbons (Fsp3) is 0.517. The molecule has 4 heterocycles. The average molecular weight is 747 g/mol. The maximum atomic E-state index is 11.9. The summed E-state index contributed by atoms with van der Waals surface area (Å²) in [5, 5.41) is 10.6. The van der Waals surface area contributed by atoms with Crippen molar-refractivity contribution in [2.45, 2.75) is 63.8 Å². The number of hydrogen-bond acceptors (Lipinski definition) is 3. The normalized spacial score (nSPS) is 20.9. The molecule has 1 aromatic carbocycles. The number of carboxylic acids is 1. The quantitative estimate of drug-likeness (QED) is 0.476. The second kappa shape index (κ2) is 11.7. The molecule has 3 aliphatic heterocycles. The van der Waals surface area contributed by atoms with Crippen LogP contribution in [0.15, 0.2) is 24.3 Å². The van der Waals surface area contributed by atoms with E-state index >= 15 is 0 Å². The van der Waals surface area contributed by atoms with Gasteiger partial charge in [0, 0.05) is 0 Å². The summed E-state index contributed by atoms with van der Waals surface area (Å²) in [6, 6.07) is 6.52. The number of anilines is 1. The topological polar surface area (TPSA) is 48.7 Å². The van der Waals surface area contributed by atoms with Gasteiger partial charge in [-0.3, -0.25) is 0 Å². The van der Waals surface area contributed by atoms with Crippen LogP contribution in [-0.4, -0.2) is 56.8 Å². The summed E-state index contributed by atoms with van der Waals surface area (Å²) in [6.45, 7) is 6.51. The molecule has 8 heteroatoms. The van der Waals surface area contributed by atoms with Crippen LogP contribution in [0.4, 0.5) is 5.69 Å². The summed E-state index contributed by atoms with van der Waals surface area (Å²) in [5.74, 6) is -0.159. The number of aromatic nitrogens is 1. The van der Waals surface area contributed by atoms with Crippen LogP contribution in [0, 0.1) is 3.70 Å². The minimum absolute atomic E-state index is 0.328. The molecule has 2 fully saturated rings. The average Bonchev–Trinajstić information content (AvgIpc) is 3.03. The van der Waals surface area contributed by atoms with Crippen molar-refractivity contribution in [1.29, 1.82) is 0 Å². The van der Waals surface area contributed by atoms with Gasteiger partial charge in [0.15, 0.2) is 0 Å². The molecule has 4 aliphatic rings. The molecule has 200 valence electrons. The number of halogens is 3. The summed E-state index contributed by atoms with van der Waals surface area (Å²) in [7, 11) is 0. The third-order valence-electron chi connectivity index (χ3n) is 8.35. The van der Waals surface area contributed by atoms with E-state index in [4.69, 9.17) is 11.6 Å². The van der Waals surface area contributed by atoms with Crippen molar-refractivity contribution in [2.75, 3.05) is 37.6 Å². The monoisotopic (exact) mass is 746 g/mol. The molecule has 37 heavy (non-hydrogen) atoms. The number of fused-ring (bicyclic) bond motifs is 5. The third-order valence-corrected chi connectivity index (χ3v) is 18.5. The summed E-state index contributed by atoms with van der Waals surface area (Å²) in [4.78, 5) is 17.1. The van der Waals surface area contributed by atoms with Crippen molar-refractivity contribution >= 4 is 49.6 Å². The Bertz CT molecular complexity index is 1240. The minimum atomic E-state index is -0.715.